The van der Waals surface area contributed by atoms with Crippen LogP contribution in [0.4, 0.5) is 10.5 Å². The van der Waals surface area contributed by atoms with Gasteiger partial charge in [-0.3, -0.25) is 4.79 Å². The molecule has 6 nitrogen and oxygen atoms in total. The third-order valence-electron chi connectivity index (χ3n) is 3.65. The summed E-state index contributed by atoms with van der Waals surface area (Å²) in [4.78, 5) is 22.9. The second-order valence-corrected chi connectivity index (χ2v) is 4.90. The highest BCUT2D eigenvalue weighted by Gasteiger charge is 2.44. The Bertz CT molecular complexity index is 573. The number of benzene rings is 1. The van der Waals surface area contributed by atoms with Gasteiger partial charge >= 0.3 is 12.0 Å². The first-order valence-corrected chi connectivity index (χ1v) is 6.35. The summed E-state index contributed by atoms with van der Waals surface area (Å²) in [6.45, 7) is 0.100. The molecule has 2 rings (SSSR count). The van der Waals surface area contributed by atoms with Crippen LogP contribution in [-0.4, -0.2) is 23.7 Å². The predicted molar refractivity (Wildman–Crippen MR) is 72.1 cm³/mol. The number of para-hydroxylation sites is 1. The van der Waals surface area contributed by atoms with Gasteiger partial charge in [-0.25, -0.2) is 4.79 Å². The molecule has 1 aromatic carbocycles. The summed E-state index contributed by atoms with van der Waals surface area (Å²) >= 11 is 0. The Kier molecular flexibility index (Phi) is 3.89. The van der Waals surface area contributed by atoms with Crippen LogP contribution in [0.2, 0.25) is 0 Å². The number of nitrogens with zero attached hydrogens (tertiary/aromatic N) is 1. The smallest absolute Gasteiger partial charge is 0.319 e. The van der Waals surface area contributed by atoms with Crippen molar-refractivity contribution in [1.29, 1.82) is 5.26 Å². The number of carboxylic acid groups (broad SMARTS) is 1. The Morgan fingerprint density at radius 1 is 1.35 bits per heavy atom. The van der Waals surface area contributed by atoms with Gasteiger partial charge in [0.2, 0.25) is 0 Å². The van der Waals surface area contributed by atoms with Gasteiger partial charge < -0.3 is 15.7 Å². The van der Waals surface area contributed by atoms with E-state index in [1.165, 1.54) is 0 Å². The van der Waals surface area contributed by atoms with Gasteiger partial charge in [0.05, 0.1) is 16.7 Å². The molecule has 1 saturated carbocycles. The number of nitrogens with one attached hydrogen (secondary N) is 2. The minimum Gasteiger partial charge on any atom is -0.481 e. The Labute approximate surface area is 116 Å². The van der Waals surface area contributed by atoms with Crippen molar-refractivity contribution in [2.75, 3.05) is 11.9 Å². The Hall–Kier alpha value is -2.55. The molecule has 0 radical (unpaired) electrons. The lowest BCUT2D eigenvalue weighted by Crippen LogP contribution is -2.48. The zero-order valence-corrected chi connectivity index (χ0v) is 10.8. The van der Waals surface area contributed by atoms with Crippen molar-refractivity contribution in [2.45, 2.75) is 19.3 Å². The molecule has 1 aliphatic carbocycles. The molecule has 0 spiro atoms. The molecule has 104 valence electrons. The first-order chi connectivity index (χ1) is 9.57. The van der Waals surface area contributed by atoms with E-state index in [1.807, 2.05) is 6.07 Å². The minimum atomic E-state index is -0.874. The predicted octanol–water partition coefficient (Wildman–Crippen LogP) is 1.93. The van der Waals surface area contributed by atoms with Crippen LogP contribution < -0.4 is 10.6 Å². The molecule has 3 N–H and O–H groups in total. The number of aliphatic carboxylic acids is 1. The van der Waals surface area contributed by atoms with E-state index in [2.05, 4.69) is 10.6 Å². The van der Waals surface area contributed by atoms with Crippen LogP contribution in [0.3, 0.4) is 0 Å². The summed E-state index contributed by atoms with van der Waals surface area (Å²) in [5.41, 5.74) is -0.0590. The van der Waals surface area contributed by atoms with Crippen LogP contribution in [0.15, 0.2) is 24.3 Å². The van der Waals surface area contributed by atoms with E-state index >= 15 is 0 Å². The van der Waals surface area contributed by atoms with E-state index in [9.17, 15) is 9.59 Å². The number of rotatable bonds is 4. The number of nitriles is 1. The molecule has 0 heterocycles. The molecule has 0 aromatic heterocycles. The minimum absolute atomic E-state index is 0.100. The number of carbonyl (C=O) groups excluding carboxylic acids is 1. The normalized spacial score (nSPS) is 15.6. The first kappa shape index (κ1) is 13.9. The first-order valence-electron chi connectivity index (χ1n) is 6.35. The highest BCUT2D eigenvalue weighted by Crippen LogP contribution is 2.40. The third-order valence-corrected chi connectivity index (χ3v) is 3.65. The maximum Gasteiger partial charge on any atom is 0.319 e. The van der Waals surface area contributed by atoms with E-state index in [4.69, 9.17) is 10.4 Å². The number of hydrogen-bond donors (Lipinski definition) is 3. The summed E-state index contributed by atoms with van der Waals surface area (Å²) < 4.78 is 0. The van der Waals surface area contributed by atoms with E-state index in [0.29, 0.717) is 24.1 Å². The summed E-state index contributed by atoms with van der Waals surface area (Å²) in [5, 5.41) is 23.2. The van der Waals surface area contributed by atoms with Crippen molar-refractivity contribution >= 4 is 17.7 Å². The number of carboxylic acids is 1. The zero-order valence-electron chi connectivity index (χ0n) is 10.8. The van der Waals surface area contributed by atoms with Crippen molar-refractivity contribution < 1.29 is 14.7 Å². The average molecular weight is 273 g/mol. The van der Waals surface area contributed by atoms with Crippen LogP contribution in [0.25, 0.3) is 0 Å². The van der Waals surface area contributed by atoms with Gasteiger partial charge in [0, 0.05) is 6.54 Å². The fourth-order valence-electron chi connectivity index (χ4n) is 2.18. The van der Waals surface area contributed by atoms with Gasteiger partial charge in [-0.05, 0) is 25.0 Å². The lowest BCUT2D eigenvalue weighted by molar-refractivity contribution is -0.153. The Morgan fingerprint density at radius 2 is 2.05 bits per heavy atom. The van der Waals surface area contributed by atoms with Crippen molar-refractivity contribution in [3.63, 3.8) is 0 Å². The third kappa shape index (κ3) is 2.72. The second-order valence-electron chi connectivity index (χ2n) is 4.90. The van der Waals surface area contributed by atoms with Gasteiger partial charge in [-0.2, -0.15) is 5.26 Å². The molecule has 0 aliphatic heterocycles. The fourth-order valence-corrected chi connectivity index (χ4v) is 2.18. The van der Waals surface area contributed by atoms with E-state index in [-0.39, 0.29) is 6.54 Å². The van der Waals surface area contributed by atoms with Crippen molar-refractivity contribution in [2.24, 2.45) is 5.41 Å². The molecular weight excluding hydrogens is 258 g/mol. The average Bonchev–Trinajstić information content (AvgIpc) is 2.37. The maximum absolute atomic E-state index is 11.8. The van der Waals surface area contributed by atoms with Crippen LogP contribution in [0, 0.1) is 16.7 Å². The number of amides is 2. The summed E-state index contributed by atoms with van der Waals surface area (Å²) in [6.07, 6.45) is 2.03. The van der Waals surface area contributed by atoms with Crippen LogP contribution >= 0.6 is 0 Å². The highest BCUT2D eigenvalue weighted by atomic mass is 16.4. The van der Waals surface area contributed by atoms with Crippen LogP contribution in [-0.2, 0) is 4.79 Å². The van der Waals surface area contributed by atoms with E-state index in [0.717, 1.165) is 6.42 Å². The summed E-state index contributed by atoms with van der Waals surface area (Å²) in [7, 11) is 0. The van der Waals surface area contributed by atoms with Crippen molar-refractivity contribution in [3.05, 3.63) is 29.8 Å². The standard InChI is InChI=1S/C14H15N3O3/c15-8-10-4-1-2-5-11(10)17-13(20)16-9-14(12(18)19)6-3-7-14/h1-2,4-5H,3,6-7,9H2,(H,18,19)(H2,16,17,20). The van der Waals surface area contributed by atoms with Crippen molar-refractivity contribution in [3.8, 4) is 6.07 Å². The van der Waals surface area contributed by atoms with Crippen LogP contribution in [0.1, 0.15) is 24.8 Å². The highest BCUT2D eigenvalue weighted by molar-refractivity contribution is 5.91. The maximum atomic E-state index is 11.8. The second kappa shape index (κ2) is 5.61. The van der Waals surface area contributed by atoms with E-state index < -0.39 is 17.4 Å². The number of urea groups is 1. The quantitative estimate of drug-likeness (QED) is 0.780. The number of hydrogen-bond acceptors (Lipinski definition) is 3. The molecule has 20 heavy (non-hydrogen) atoms. The van der Waals surface area contributed by atoms with Crippen molar-refractivity contribution in [1.82, 2.24) is 5.32 Å². The SMILES string of the molecule is N#Cc1ccccc1NC(=O)NCC1(C(=O)O)CCC1. The molecule has 0 bridgehead atoms. The summed E-state index contributed by atoms with van der Waals surface area (Å²) in [6, 6.07) is 8.11. The van der Waals surface area contributed by atoms with Crippen LogP contribution in [0.5, 0.6) is 0 Å². The van der Waals surface area contributed by atoms with Gasteiger partial charge in [0.15, 0.2) is 0 Å². The molecule has 1 aliphatic rings. The molecule has 0 atom stereocenters. The molecule has 2 amide bonds. The molecular formula is C14H15N3O3. The lowest BCUT2D eigenvalue weighted by atomic mass is 9.69. The molecule has 0 unspecified atom stereocenters. The molecule has 0 saturated heterocycles. The van der Waals surface area contributed by atoms with Gasteiger partial charge in [0.25, 0.3) is 0 Å². The number of carbonyl (C=O) groups is 2. The number of anilines is 1. The Balaban J connectivity index is 1.93. The van der Waals surface area contributed by atoms with Gasteiger partial charge in [-0.1, -0.05) is 18.6 Å². The lowest BCUT2D eigenvalue weighted by Gasteiger charge is -2.37. The molecule has 1 fully saturated rings. The monoisotopic (exact) mass is 273 g/mol. The zero-order chi connectivity index (χ0) is 14.6. The van der Waals surface area contributed by atoms with Gasteiger partial charge in [-0.15, -0.1) is 0 Å². The largest absolute Gasteiger partial charge is 0.481 e. The molecule has 1 aromatic rings. The molecule has 6 heteroatoms. The van der Waals surface area contributed by atoms with E-state index in [1.54, 1.807) is 24.3 Å². The Morgan fingerprint density at radius 3 is 2.60 bits per heavy atom. The summed E-state index contributed by atoms with van der Waals surface area (Å²) in [5.74, 6) is -0.874. The topological polar surface area (TPSA) is 102 Å². The fraction of sp³-hybridized carbons (Fsp3) is 0.357. The van der Waals surface area contributed by atoms with Gasteiger partial charge in [0.1, 0.15) is 6.07 Å².